The number of amides is 1. The van der Waals surface area contributed by atoms with Crippen molar-refractivity contribution in [3.05, 3.63) is 58.6 Å². The fourth-order valence-corrected chi connectivity index (χ4v) is 5.29. The molecule has 0 spiro atoms. The number of rotatable bonds is 8. The van der Waals surface area contributed by atoms with Gasteiger partial charge in [0.1, 0.15) is 24.7 Å². The van der Waals surface area contributed by atoms with E-state index in [1.807, 2.05) is 50.2 Å². The van der Waals surface area contributed by atoms with Gasteiger partial charge in [0.25, 0.3) is 0 Å². The van der Waals surface area contributed by atoms with Crippen LogP contribution in [0.2, 0.25) is 5.02 Å². The number of hydrogen-bond acceptors (Lipinski definition) is 7. The smallest absolute Gasteiger partial charge is 0.414 e. The molecule has 0 aliphatic carbocycles. The van der Waals surface area contributed by atoms with Crippen molar-refractivity contribution in [1.82, 2.24) is 4.90 Å². The van der Waals surface area contributed by atoms with E-state index in [1.165, 1.54) is 18.7 Å². The molecule has 2 aromatic carbocycles. The number of fused-ring (bicyclic) bond motifs is 5. The van der Waals surface area contributed by atoms with E-state index in [1.54, 1.807) is 0 Å². The molecule has 1 amide bonds. The number of ether oxygens (including phenoxy) is 4. The Morgan fingerprint density at radius 3 is 2.08 bits per heavy atom. The van der Waals surface area contributed by atoms with Crippen LogP contribution in [0.25, 0.3) is 0 Å². The van der Waals surface area contributed by atoms with Gasteiger partial charge in [0.15, 0.2) is 0 Å². The fraction of sp³-hybridized carbons (Fsp3) is 0.483. The lowest BCUT2D eigenvalue weighted by Crippen LogP contribution is -2.47. The monoisotopic (exact) mass is 561 g/mol. The summed E-state index contributed by atoms with van der Waals surface area (Å²) in [6.07, 6.45) is -0.557. The number of hydrogen-bond donors (Lipinski definition) is 0. The molecule has 0 bridgehead atoms. The fourth-order valence-electron chi connectivity index (χ4n) is 5.11. The Kier molecular flexibility index (Phi) is 10.6. The molecule has 0 radical (unpaired) electrons. The first-order chi connectivity index (χ1) is 18.6. The minimum Gasteiger partial charge on any atom is -0.464 e. The maximum atomic E-state index is 13.0. The molecule has 0 saturated carbocycles. The van der Waals surface area contributed by atoms with Crippen LogP contribution >= 0.6 is 11.6 Å². The summed E-state index contributed by atoms with van der Waals surface area (Å²) in [6.45, 7) is 8.53. The molecule has 4 rings (SSSR count). The lowest BCUT2D eigenvalue weighted by Gasteiger charge is -2.31. The number of likely N-dealkylation sites (tertiary alicyclic amines) is 1. The van der Waals surface area contributed by atoms with Crippen LogP contribution in [0.4, 0.5) is 4.79 Å². The number of nitrogens with zero attached hydrogens (tertiary/aromatic N) is 2. The maximum Gasteiger partial charge on any atom is 0.414 e. The molecular formula is C29H38ClN2O7+. The van der Waals surface area contributed by atoms with Crippen molar-refractivity contribution in [3.63, 3.8) is 0 Å². The van der Waals surface area contributed by atoms with Crippen LogP contribution in [-0.4, -0.2) is 80.6 Å². The average molecular weight is 562 g/mol. The highest BCUT2D eigenvalue weighted by Gasteiger charge is 2.48. The second-order valence-corrected chi connectivity index (χ2v) is 10.2. The summed E-state index contributed by atoms with van der Waals surface area (Å²) in [6, 6.07) is 13.7. The molecule has 212 valence electrons. The molecule has 10 heteroatoms. The number of esters is 2. The third kappa shape index (κ3) is 7.86. The van der Waals surface area contributed by atoms with Crippen molar-refractivity contribution in [2.75, 3.05) is 53.2 Å². The Bertz CT molecular complexity index is 1150. The standard InChI is InChI=1S/C27H32ClN2O7.C2H6/c1-18(31)34-12-10-29(11-13-35-19(2)32)27(33)36-17-30(3)15-23-21-6-4-5-7-25(21)37-26-9-8-20(28)14-22(26)24(23)16-30;1-2/h4-9,14,23-24H,10-13,15-17H2,1-3H3;1-2H3/q+1;. The van der Waals surface area contributed by atoms with Crippen molar-refractivity contribution in [2.45, 2.75) is 39.5 Å². The number of carbonyl (C=O) groups excluding carboxylic acids is 3. The third-order valence-corrected chi connectivity index (χ3v) is 7.00. The highest BCUT2D eigenvalue weighted by Crippen LogP contribution is 2.51. The van der Waals surface area contributed by atoms with Crippen LogP contribution in [0.3, 0.4) is 0 Å². The Labute approximate surface area is 235 Å². The van der Waals surface area contributed by atoms with Gasteiger partial charge in [-0.3, -0.25) is 14.1 Å². The Balaban J connectivity index is 0.00000205. The first-order valence-corrected chi connectivity index (χ1v) is 13.6. The third-order valence-electron chi connectivity index (χ3n) is 6.76. The minimum atomic E-state index is -0.557. The van der Waals surface area contributed by atoms with Crippen LogP contribution in [0, 0.1) is 0 Å². The predicted octanol–water partition coefficient (Wildman–Crippen LogP) is 5.32. The van der Waals surface area contributed by atoms with Gasteiger partial charge in [-0.1, -0.05) is 43.6 Å². The number of halogens is 1. The topological polar surface area (TPSA) is 91.4 Å². The van der Waals surface area contributed by atoms with Crippen molar-refractivity contribution in [1.29, 1.82) is 0 Å². The summed E-state index contributed by atoms with van der Waals surface area (Å²) in [5, 5.41) is 0.649. The van der Waals surface area contributed by atoms with Gasteiger partial charge in [-0.25, -0.2) is 4.79 Å². The second kappa shape index (κ2) is 13.7. The van der Waals surface area contributed by atoms with E-state index in [0.717, 1.165) is 35.7 Å². The number of carbonyl (C=O) groups is 3. The van der Waals surface area contributed by atoms with Crippen molar-refractivity contribution in [2.24, 2.45) is 0 Å². The van der Waals surface area contributed by atoms with Gasteiger partial charge in [0.2, 0.25) is 6.73 Å². The zero-order valence-corrected chi connectivity index (χ0v) is 24.0. The first-order valence-electron chi connectivity index (χ1n) is 13.2. The van der Waals surface area contributed by atoms with Crippen molar-refractivity contribution >= 4 is 29.6 Å². The number of quaternary nitrogens is 1. The number of likely N-dealkylation sites (N-methyl/N-ethyl adjacent to an activating group) is 1. The summed E-state index contributed by atoms with van der Waals surface area (Å²) in [5.74, 6) is 1.02. The van der Waals surface area contributed by atoms with E-state index in [-0.39, 0.29) is 44.9 Å². The van der Waals surface area contributed by atoms with E-state index < -0.39 is 18.0 Å². The molecule has 3 unspecified atom stereocenters. The van der Waals surface area contributed by atoms with Crippen LogP contribution in [0.1, 0.15) is 50.7 Å². The summed E-state index contributed by atoms with van der Waals surface area (Å²) < 4.78 is 22.5. The van der Waals surface area contributed by atoms with Crippen molar-refractivity contribution in [3.8, 4) is 11.5 Å². The molecule has 2 aromatic rings. The van der Waals surface area contributed by atoms with Gasteiger partial charge in [-0.2, -0.15) is 0 Å². The largest absolute Gasteiger partial charge is 0.464 e. The van der Waals surface area contributed by atoms with Gasteiger partial charge >= 0.3 is 18.0 Å². The normalized spacial score (nSPS) is 20.5. The predicted molar refractivity (Wildman–Crippen MR) is 147 cm³/mol. The number of benzene rings is 2. The van der Waals surface area contributed by atoms with Gasteiger partial charge in [0, 0.05) is 41.8 Å². The van der Waals surface area contributed by atoms with Crippen LogP contribution in [-0.2, 0) is 23.8 Å². The molecule has 2 aliphatic heterocycles. The number of para-hydroxylation sites is 1. The summed E-state index contributed by atoms with van der Waals surface area (Å²) in [5.41, 5.74) is 2.17. The van der Waals surface area contributed by atoms with Gasteiger partial charge in [0.05, 0.1) is 33.2 Å². The van der Waals surface area contributed by atoms with Crippen molar-refractivity contribution < 1.29 is 37.8 Å². The Morgan fingerprint density at radius 1 is 0.897 bits per heavy atom. The molecule has 9 nitrogen and oxygen atoms in total. The van der Waals surface area contributed by atoms with Gasteiger partial charge in [-0.15, -0.1) is 0 Å². The molecule has 0 aromatic heterocycles. The molecule has 2 heterocycles. The molecule has 3 atom stereocenters. The molecule has 0 N–H and O–H groups in total. The molecule has 1 saturated heterocycles. The van der Waals surface area contributed by atoms with E-state index >= 15 is 0 Å². The SMILES string of the molecule is CC.CC(=O)OCCN(CCOC(C)=O)C(=O)OC[N+]1(C)CC2c3ccccc3Oc3ccc(Cl)cc3C2C1. The zero-order chi connectivity index (χ0) is 28.6. The summed E-state index contributed by atoms with van der Waals surface area (Å²) >= 11 is 6.36. The second-order valence-electron chi connectivity index (χ2n) is 9.73. The zero-order valence-electron chi connectivity index (χ0n) is 23.3. The quantitative estimate of drug-likeness (QED) is 0.245. The van der Waals surface area contributed by atoms with E-state index in [9.17, 15) is 14.4 Å². The minimum absolute atomic E-state index is 0.0229. The first kappa shape index (κ1) is 30.2. The Hall–Kier alpha value is -3.30. The van der Waals surface area contributed by atoms with Gasteiger partial charge < -0.3 is 23.8 Å². The van der Waals surface area contributed by atoms with E-state index in [0.29, 0.717) is 9.51 Å². The Morgan fingerprint density at radius 2 is 1.46 bits per heavy atom. The van der Waals surface area contributed by atoms with Crippen LogP contribution in [0.15, 0.2) is 42.5 Å². The maximum absolute atomic E-state index is 13.0. The highest BCUT2D eigenvalue weighted by molar-refractivity contribution is 6.30. The molecule has 1 fully saturated rings. The lowest BCUT2D eigenvalue weighted by molar-refractivity contribution is -0.915. The molecular weight excluding hydrogens is 524 g/mol. The summed E-state index contributed by atoms with van der Waals surface area (Å²) in [4.78, 5) is 36.6. The van der Waals surface area contributed by atoms with E-state index in [4.69, 9.17) is 30.5 Å². The average Bonchev–Trinajstić information content (AvgIpc) is 3.20. The molecule has 39 heavy (non-hydrogen) atoms. The summed E-state index contributed by atoms with van der Waals surface area (Å²) in [7, 11) is 2.07. The van der Waals surface area contributed by atoms with Crippen LogP contribution in [0.5, 0.6) is 11.5 Å². The van der Waals surface area contributed by atoms with E-state index in [2.05, 4.69) is 13.1 Å². The molecule has 2 aliphatic rings. The lowest BCUT2D eigenvalue weighted by atomic mass is 9.84. The van der Waals surface area contributed by atoms with Crippen LogP contribution < -0.4 is 4.74 Å². The highest BCUT2D eigenvalue weighted by atomic mass is 35.5. The van der Waals surface area contributed by atoms with Gasteiger partial charge in [-0.05, 0) is 24.3 Å².